The quantitative estimate of drug-likeness (QED) is 0.585. The molecule has 0 aromatic heterocycles. The van der Waals surface area contributed by atoms with Crippen molar-refractivity contribution < 1.29 is 10.2 Å². The zero-order chi connectivity index (χ0) is 13.4. The van der Waals surface area contributed by atoms with Gasteiger partial charge >= 0.3 is 0 Å². The molecule has 3 nitrogen and oxygen atoms in total. The lowest BCUT2D eigenvalue weighted by molar-refractivity contribution is -0.0872. The molecule has 0 spiro atoms. The Balaban J connectivity index is 2.10. The summed E-state index contributed by atoms with van der Waals surface area (Å²) in [6.07, 6.45) is 10.4. The second-order valence-corrected chi connectivity index (χ2v) is 5.71. The third-order valence-electron chi connectivity index (χ3n) is 4.08. The van der Waals surface area contributed by atoms with Crippen molar-refractivity contribution in [2.24, 2.45) is 5.92 Å². The van der Waals surface area contributed by atoms with Crippen LogP contribution in [0.15, 0.2) is 0 Å². The minimum atomic E-state index is -1.15. The Kier molecular flexibility index (Phi) is 7.87. The number of nitrogens with one attached hydrogen (secondary N) is 1. The lowest BCUT2D eigenvalue weighted by atomic mass is 9.93. The highest BCUT2D eigenvalue weighted by molar-refractivity contribution is 4.88. The number of aliphatic hydroxyl groups excluding tert-OH is 1. The van der Waals surface area contributed by atoms with Crippen LogP contribution in [0, 0.1) is 12.3 Å². The van der Waals surface area contributed by atoms with E-state index in [-0.39, 0.29) is 5.92 Å². The van der Waals surface area contributed by atoms with Crippen molar-refractivity contribution in [3.63, 3.8) is 0 Å². The van der Waals surface area contributed by atoms with Crippen LogP contribution in [0.4, 0.5) is 0 Å². The summed E-state index contributed by atoms with van der Waals surface area (Å²) in [7, 11) is 0. The van der Waals surface area contributed by atoms with E-state index in [0.29, 0.717) is 12.1 Å². The topological polar surface area (TPSA) is 52.5 Å². The Hall–Kier alpha value is -0.120. The van der Waals surface area contributed by atoms with E-state index in [9.17, 15) is 10.2 Å². The molecular formula is C15H30NO2. The molecule has 3 heteroatoms. The zero-order valence-electron chi connectivity index (χ0n) is 11.9. The van der Waals surface area contributed by atoms with Crippen LogP contribution in [0.25, 0.3) is 0 Å². The van der Waals surface area contributed by atoms with Gasteiger partial charge in [0.05, 0.1) is 0 Å². The van der Waals surface area contributed by atoms with Gasteiger partial charge in [-0.05, 0) is 45.4 Å². The number of hydrogen-bond acceptors (Lipinski definition) is 3. The van der Waals surface area contributed by atoms with E-state index in [2.05, 4.69) is 18.7 Å². The zero-order valence-corrected chi connectivity index (χ0v) is 11.9. The van der Waals surface area contributed by atoms with E-state index in [1.807, 2.05) is 6.92 Å². The van der Waals surface area contributed by atoms with Gasteiger partial charge in [-0.15, -0.1) is 0 Å². The summed E-state index contributed by atoms with van der Waals surface area (Å²) in [5.74, 6) is 0.0402. The first-order chi connectivity index (χ1) is 8.63. The summed E-state index contributed by atoms with van der Waals surface area (Å²) in [6.45, 7) is 4.25. The largest absolute Gasteiger partial charge is 0.368 e. The van der Waals surface area contributed by atoms with Crippen LogP contribution < -0.4 is 5.32 Å². The third-order valence-corrected chi connectivity index (χ3v) is 4.08. The van der Waals surface area contributed by atoms with Crippen LogP contribution in [0.5, 0.6) is 0 Å². The summed E-state index contributed by atoms with van der Waals surface area (Å²) < 4.78 is 0. The fourth-order valence-corrected chi connectivity index (χ4v) is 2.80. The van der Waals surface area contributed by atoms with Crippen LogP contribution in [0.1, 0.15) is 65.2 Å². The molecule has 3 N–H and O–H groups in total. The molecule has 0 saturated heterocycles. The standard InChI is InChI=1S/C15H30NO2/c1-3-13(15(17)18)9-7-8-12(2)16-14-10-5-4-6-11-14/h10,12-18H,3-9,11H2,1-2H3/t12?,13?,14-/m0/s1. The monoisotopic (exact) mass is 256 g/mol. The Morgan fingerprint density at radius 1 is 1.28 bits per heavy atom. The third kappa shape index (κ3) is 6.17. The van der Waals surface area contributed by atoms with Crippen molar-refractivity contribution in [3.8, 4) is 0 Å². The molecule has 107 valence electrons. The van der Waals surface area contributed by atoms with Gasteiger partial charge in [-0.25, -0.2) is 0 Å². The van der Waals surface area contributed by atoms with Crippen LogP contribution in [0.3, 0.4) is 0 Å². The van der Waals surface area contributed by atoms with Crippen molar-refractivity contribution in [3.05, 3.63) is 6.42 Å². The summed E-state index contributed by atoms with van der Waals surface area (Å²) in [5.41, 5.74) is 0. The molecule has 1 rings (SSSR count). The first kappa shape index (κ1) is 15.9. The molecule has 1 aliphatic rings. The number of hydrogen-bond donors (Lipinski definition) is 3. The van der Waals surface area contributed by atoms with Gasteiger partial charge in [0.25, 0.3) is 0 Å². The Morgan fingerprint density at radius 2 is 2.06 bits per heavy atom. The highest BCUT2D eigenvalue weighted by Gasteiger charge is 2.17. The van der Waals surface area contributed by atoms with E-state index in [1.165, 1.54) is 25.7 Å². The second-order valence-electron chi connectivity index (χ2n) is 5.71. The molecule has 0 amide bonds. The van der Waals surface area contributed by atoms with Gasteiger partial charge in [-0.2, -0.15) is 0 Å². The first-order valence-corrected chi connectivity index (χ1v) is 7.59. The molecule has 0 heterocycles. The minimum Gasteiger partial charge on any atom is -0.368 e. The van der Waals surface area contributed by atoms with Crippen LogP contribution >= 0.6 is 0 Å². The van der Waals surface area contributed by atoms with Crippen LogP contribution in [0.2, 0.25) is 0 Å². The van der Waals surface area contributed by atoms with Crippen molar-refractivity contribution in [1.82, 2.24) is 5.32 Å². The van der Waals surface area contributed by atoms with Gasteiger partial charge in [-0.3, -0.25) is 0 Å². The molecule has 0 aromatic rings. The van der Waals surface area contributed by atoms with E-state index < -0.39 is 6.29 Å². The minimum absolute atomic E-state index is 0.0402. The molecule has 1 aliphatic carbocycles. The SMILES string of the molecule is CCC(CCCC(C)N[C@H]1[CH]CCCC1)C(O)O. The maximum atomic E-state index is 9.17. The summed E-state index contributed by atoms with van der Waals surface area (Å²) >= 11 is 0. The van der Waals surface area contributed by atoms with Gasteiger partial charge in [0.2, 0.25) is 0 Å². The number of aliphatic hydroxyl groups is 2. The highest BCUT2D eigenvalue weighted by Crippen LogP contribution is 2.19. The highest BCUT2D eigenvalue weighted by atomic mass is 16.5. The fraction of sp³-hybridized carbons (Fsp3) is 0.933. The maximum absolute atomic E-state index is 9.17. The predicted molar refractivity (Wildman–Crippen MR) is 75.0 cm³/mol. The number of rotatable bonds is 8. The van der Waals surface area contributed by atoms with Crippen molar-refractivity contribution in [2.45, 2.75) is 83.6 Å². The molecule has 0 aliphatic heterocycles. The summed E-state index contributed by atoms with van der Waals surface area (Å²) in [4.78, 5) is 0. The smallest absolute Gasteiger partial charge is 0.154 e. The molecular weight excluding hydrogens is 226 g/mol. The average molecular weight is 256 g/mol. The molecule has 1 fully saturated rings. The van der Waals surface area contributed by atoms with Gasteiger partial charge in [0.15, 0.2) is 6.29 Å². The molecule has 3 atom stereocenters. The van der Waals surface area contributed by atoms with Crippen LogP contribution in [-0.2, 0) is 0 Å². The Morgan fingerprint density at radius 3 is 2.61 bits per heavy atom. The molecule has 1 saturated carbocycles. The summed E-state index contributed by atoms with van der Waals surface area (Å²) in [5, 5.41) is 22.0. The van der Waals surface area contributed by atoms with E-state index >= 15 is 0 Å². The van der Waals surface area contributed by atoms with Crippen molar-refractivity contribution in [2.75, 3.05) is 0 Å². The molecule has 0 aromatic carbocycles. The molecule has 1 radical (unpaired) electrons. The molecule has 2 unspecified atom stereocenters. The van der Waals surface area contributed by atoms with Gasteiger partial charge in [0.1, 0.15) is 0 Å². The Labute approximate surface area is 112 Å². The lowest BCUT2D eigenvalue weighted by Crippen LogP contribution is -2.38. The average Bonchev–Trinajstić information content (AvgIpc) is 2.35. The van der Waals surface area contributed by atoms with Gasteiger partial charge in [-0.1, -0.05) is 26.2 Å². The van der Waals surface area contributed by atoms with Crippen LogP contribution in [-0.4, -0.2) is 28.6 Å². The normalized spacial score (nSPS) is 21.2. The second kappa shape index (κ2) is 8.89. The Bertz CT molecular complexity index is 203. The molecule has 0 bridgehead atoms. The first-order valence-electron chi connectivity index (χ1n) is 7.59. The summed E-state index contributed by atoms with van der Waals surface area (Å²) in [6, 6.07) is 1.12. The van der Waals surface area contributed by atoms with E-state index in [1.54, 1.807) is 0 Å². The predicted octanol–water partition coefficient (Wildman–Crippen LogP) is 2.62. The fourth-order valence-electron chi connectivity index (χ4n) is 2.80. The van der Waals surface area contributed by atoms with Crippen molar-refractivity contribution >= 4 is 0 Å². The maximum Gasteiger partial charge on any atom is 0.154 e. The van der Waals surface area contributed by atoms with Gasteiger partial charge < -0.3 is 15.5 Å². The molecule has 18 heavy (non-hydrogen) atoms. The lowest BCUT2D eigenvalue weighted by Gasteiger charge is -2.26. The van der Waals surface area contributed by atoms with Gasteiger partial charge in [0, 0.05) is 18.0 Å². The van der Waals surface area contributed by atoms with Crippen molar-refractivity contribution in [1.29, 1.82) is 0 Å². The van der Waals surface area contributed by atoms with E-state index in [4.69, 9.17) is 0 Å². The van der Waals surface area contributed by atoms with E-state index in [0.717, 1.165) is 25.7 Å².